The van der Waals surface area contributed by atoms with E-state index >= 15 is 0 Å². The Morgan fingerprint density at radius 2 is 2.00 bits per heavy atom. The first-order valence-electron chi connectivity index (χ1n) is 9.50. The van der Waals surface area contributed by atoms with Crippen molar-refractivity contribution in [3.8, 4) is 0 Å². The second kappa shape index (κ2) is 7.40. The Bertz CT molecular complexity index is 988. The number of carbonyl (C=O) groups is 1. The molecule has 1 aromatic heterocycles. The number of hydrogen-bond acceptors (Lipinski definition) is 2. The van der Waals surface area contributed by atoms with E-state index in [-0.39, 0.29) is 11.9 Å². The van der Waals surface area contributed by atoms with Gasteiger partial charge in [0.05, 0.1) is 19.0 Å². The molecule has 0 saturated carbocycles. The molecule has 0 radical (unpaired) electrons. The van der Waals surface area contributed by atoms with E-state index in [2.05, 4.69) is 41.8 Å². The standard InChI is InChI=1S/C23H24ClNO2/c1-15-5-3-7-19-20-8-4-6-17(13-21(26)27-2)23(20)25(22(15)19)14-16-9-11-18(24)12-10-16/h3,5,7,9-12,17H,4,6,8,13-14H2,1-2H3. The summed E-state index contributed by atoms with van der Waals surface area (Å²) >= 11 is 6.07. The third-order valence-electron chi connectivity index (χ3n) is 5.69. The fourth-order valence-corrected chi connectivity index (χ4v) is 4.62. The van der Waals surface area contributed by atoms with E-state index in [1.807, 2.05) is 12.1 Å². The molecule has 0 amide bonds. The summed E-state index contributed by atoms with van der Waals surface area (Å²) in [4.78, 5) is 12.0. The lowest BCUT2D eigenvalue weighted by atomic mass is 9.84. The Labute approximate surface area is 164 Å². The number of rotatable bonds is 4. The molecule has 4 rings (SSSR count). The molecule has 3 aromatic rings. The van der Waals surface area contributed by atoms with Crippen molar-refractivity contribution < 1.29 is 9.53 Å². The summed E-state index contributed by atoms with van der Waals surface area (Å²) in [6.07, 6.45) is 3.65. The normalized spacial score (nSPS) is 16.3. The first kappa shape index (κ1) is 18.1. The van der Waals surface area contributed by atoms with Crippen LogP contribution in [0.2, 0.25) is 5.02 Å². The van der Waals surface area contributed by atoms with Crippen molar-refractivity contribution in [2.45, 2.75) is 45.1 Å². The number of fused-ring (bicyclic) bond motifs is 3. The van der Waals surface area contributed by atoms with Crippen LogP contribution in [0, 0.1) is 6.92 Å². The number of ether oxygens (including phenoxy) is 1. The molecule has 1 aliphatic carbocycles. The fraction of sp³-hybridized carbons (Fsp3) is 0.348. The van der Waals surface area contributed by atoms with Crippen molar-refractivity contribution in [1.82, 2.24) is 4.57 Å². The van der Waals surface area contributed by atoms with Gasteiger partial charge in [0.1, 0.15) is 0 Å². The van der Waals surface area contributed by atoms with Crippen molar-refractivity contribution >= 4 is 28.5 Å². The Morgan fingerprint density at radius 1 is 1.22 bits per heavy atom. The minimum Gasteiger partial charge on any atom is -0.469 e. The number of nitrogens with zero attached hydrogens (tertiary/aromatic N) is 1. The molecule has 1 aliphatic rings. The molecule has 27 heavy (non-hydrogen) atoms. The van der Waals surface area contributed by atoms with Gasteiger partial charge in [0.25, 0.3) is 0 Å². The maximum Gasteiger partial charge on any atom is 0.306 e. The Morgan fingerprint density at radius 3 is 2.74 bits per heavy atom. The highest BCUT2D eigenvalue weighted by Gasteiger charge is 2.30. The van der Waals surface area contributed by atoms with Crippen LogP contribution in [0.3, 0.4) is 0 Å². The molecule has 3 nitrogen and oxygen atoms in total. The monoisotopic (exact) mass is 381 g/mol. The molecule has 1 unspecified atom stereocenters. The van der Waals surface area contributed by atoms with Crippen molar-refractivity contribution in [2.75, 3.05) is 7.11 Å². The molecule has 0 bridgehead atoms. The third-order valence-corrected chi connectivity index (χ3v) is 5.95. The van der Waals surface area contributed by atoms with Crippen molar-refractivity contribution in [1.29, 1.82) is 0 Å². The van der Waals surface area contributed by atoms with Gasteiger partial charge >= 0.3 is 5.97 Å². The summed E-state index contributed by atoms with van der Waals surface area (Å²) in [6.45, 7) is 2.95. The number of carbonyl (C=O) groups excluding carboxylic acids is 1. The van der Waals surface area contributed by atoms with Gasteiger partial charge < -0.3 is 9.30 Å². The highest BCUT2D eigenvalue weighted by atomic mass is 35.5. The molecular formula is C23H24ClNO2. The minimum absolute atomic E-state index is 0.132. The number of hydrogen-bond donors (Lipinski definition) is 0. The number of aryl methyl sites for hydroxylation is 2. The number of para-hydroxylation sites is 1. The topological polar surface area (TPSA) is 31.2 Å². The van der Waals surface area contributed by atoms with E-state index < -0.39 is 0 Å². The first-order chi connectivity index (χ1) is 13.1. The second-order valence-corrected chi connectivity index (χ2v) is 7.85. The van der Waals surface area contributed by atoms with Crippen molar-refractivity contribution in [3.63, 3.8) is 0 Å². The number of methoxy groups -OCH3 is 1. The summed E-state index contributed by atoms with van der Waals surface area (Å²) in [5.41, 5.74) is 6.49. The van der Waals surface area contributed by atoms with Crippen LogP contribution in [0.15, 0.2) is 42.5 Å². The molecule has 2 aromatic carbocycles. The maximum absolute atomic E-state index is 12.0. The Balaban J connectivity index is 1.88. The molecule has 0 aliphatic heterocycles. The van der Waals surface area contributed by atoms with Crippen molar-refractivity contribution in [3.05, 3.63) is 69.9 Å². The van der Waals surface area contributed by atoms with Gasteiger partial charge in [0.2, 0.25) is 0 Å². The molecule has 140 valence electrons. The largest absolute Gasteiger partial charge is 0.469 e. The second-order valence-electron chi connectivity index (χ2n) is 7.42. The molecule has 0 N–H and O–H groups in total. The lowest BCUT2D eigenvalue weighted by Gasteiger charge is -2.25. The number of esters is 1. The average Bonchev–Trinajstić information content (AvgIpc) is 2.99. The van der Waals surface area contributed by atoms with E-state index in [9.17, 15) is 4.79 Å². The molecule has 1 heterocycles. The van der Waals surface area contributed by atoms with Gasteiger partial charge in [-0.2, -0.15) is 0 Å². The van der Waals surface area contributed by atoms with Crippen LogP contribution in [-0.2, 0) is 22.5 Å². The van der Waals surface area contributed by atoms with Gasteiger partial charge in [-0.15, -0.1) is 0 Å². The number of aromatic nitrogens is 1. The van der Waals surface area contributed by atoms with Crippen LogP contribution in [0.1, 0.15) is 47.6 Å². The van der Waals surface area contributed by atoms with E-state index in [0.717, 1.165) is 30.8 Å². The Kier molecular flexibility index (Phi) is 4.96. The van der Waals surface area contributed by atoms with Crippen molar-refractivity contribution in [2.24, 2.45) is 0 Å². The molecule has 0 fully saturated rings. The van der Waals surface area contributed by atoms with Crippen LogP contribution < -0.4 is 0 Å². The molecule has 0 saturated heterocycles. The van der Waals surface area contributed by atoms with E-state index in [1.54, 1.807) is 0 Å². The average molecular weight is 382 g/mol. The van der Waals surface area contributed by atoms with Crippen LogP contribution in [0.25, 0.3) is 10.9 Å². The molecule has 1 atom stereocenters. The smallest absolute Gasteiger partial charge is 0.306 e. The SMILES string of the molecule is COC(=O)CC1CCCc2c1n(Cc1ccc(Cl)cc1)c1c(C)cccc21. The number of halogens is 1. The highest BCUT2D eigenvalue weighted by molar-refractivity contribution is 6.30. The van der Waals surface area contributed by atoms with Crippen LogP contribution >= 0.6 is 11.6 Å². The molecule has 0 spiro atoms. The van der Waals surface area contributed by atoms with Gasteiger partial charge in [-0.05, 0) is 55.0 Å². The first-order valence-corrected chi connectivity index (χ1v) is 9.88. The van der Waals surface area contributed by atoms with Gasteiger partial charge in [-0.25, -0.2) is 0 Å². The zero-order valence-electron chi connectivity index (χ0n) is 15.8. The summed E-state index contributed by atoms with van der Waals surface area (Å²) in [5.74, 6) is 0.0770. The summed E-state index contributed by atoms with van der Waals surface area (Å²) < 4.78 is 7.40. The molecule has 4 heteroatoms. The summed E-state index contributed by atoms with van der Waals surface area (Å²) in [5, 5.41) is 2.08. The van der Waals surface area contributed by atoms with Gasteiger partial charge in [-0.3, -0.25) is 4.79 Å². The van der Waals surface area contributed by atoms with Crippen LogP contribution in [-0.4, -0.2) is 17.6 Å². The van der Waals surface area contributed by atoms with E-state index in [4.69, 9.17) is 16.3 Å². The highest BCUT2D eigenvalue weighted by Crippen LogP contribution is 2.41. The lowest BCUT2D eigenvalue weighted by Crippen LogP contribution is -2.18. The quantitative estimate of drug-likeness (QED) is 0.548. The number of benzene rings is 2. The third kappa shape index (κ3) is 3.37. The Hall–Kier alpha value is -2.26. The van der Waals surface area contributed by atoms with Crippen LogP contribution in [0.4, 0.5) is 0 Å². The predicted molar refractivity (Wildman–Crippen MR) is 110 cm³/mol. The van der Waals surface area contributed by atoms with Gasteiger partial charge in [-0.1, -0.05) is 41.9 Å². The zero-order valence-corrected chi connectivity index (χ0v) is 16.6. The zero-order chi connectivity index (χ0) is 19.0. The lowest BCUT2D eigenvalue weighted by molar-refractivity contribution is -0.141. The predicted octanol–water partition coefficient (Wildman–Crippen LogP) is 5.63. The van der Waals surface area contributed by atoms with E-state index in [0.29, 0.717) is 6.42 Å². The summed E-state index contributed by atoms with van der Waals surface area (Å²) in [6, 6.07) is 14.6. The summed E-state index contributed by atoms with van der Waals surface area (Å²) in [7, 11) is 1.47. The minimum atomic E-state index is -0.132. The van der Waals surface area contributed by atoms with E-state index in [1.165, 1.54) is 40.4 Å². The van der Waals surface area contributed by atoms with Gasteiger partial charge in [0.15, 0.2) is 0 Å². The fourth-order valence-electron chi connectivity index (χ4n) is 4.49. The molecular weight excluding hydrogens is 358 g/mol. The maximum atomic E-state index is 12.0. The van der Waals surface area contributed by atoms with Gasteiger partial charge in [0, 0.05) is 28.6 Å². The van der Waals surface area contributed by atoms with Crippen LogP contribution in [0.5, 0.6) is 0 Å².